The van der Waals surface area contributed by atoms with Crippen LogP contribution in [0.4, 0.5) is 28.7 Å². The van der Waals surface area contributed by atoms with Crippen LogP contribution in [-0.4, -0.2) is 27.1 Å². The summed E-state index contributed by atoms with van der Waals surface area (Å²) in [5.41, 5.74) is 2.83. The zero-order chi connectivity index (χ0) is 23.0. The van der Waals surface area contributed by atoms with Crippen LogP contribution in [0.5, 0.6) is 0 Å². The van der Waals surface area contributed by atoms with Gasteiger partial charge in [0.15, 0.2) is 0 Å². The molecule has 4 aromatic rings. The monoisotopic (exact) mass is 458 g/mol. The Balaban J connectivity index is 1.41. The number of rotatable bonds is 8. The van der Waals surface area contributed by atoms with E-state index in [4.69, 9.17) is 0 Å². The second kappa shape index (κ2) is 10.5. The number of nitrogens with zero attached hydrogens (tertiary/aromatic N) is 2. The van der Waals surface area contributed by atoms with Crippen molar-refractivity contribution in [2.45, 2.75) is 4.90 Å². The maximum absolute atomic E-state index is 12.4. The van der Waals surface area contributed by atoms with E-state index in [2.05, 4.69) is 30.6 Å². The molecule has 3 aromatic carbocycles. The number of nitrogens with one attached hydrogen (secondary N) is 4. The normalized spacial score (nSPS) is 11.4. The Labute approximate surface area is 194 Å². The Bertz CT molecular complexity index is 1270. The van der Waals surface area contributed by atoms with Gasteiger partial charge in [0, 0.05) is 28.7 Å². The van der Waals surface area contributed by atoms with Gasteiger partial charge in [0.25, 0.3) is 5.91 Å². The van der Waals surface area contributed by atoms with Gasteiger partial charge in [0.2, 0.25) is 0 Å². The number of anilines is 5. The highest BCUT2D eigenvalue weighted by Gasteiger charge is 2.07. The summed E-state index contributed by atoms with van der Waals surface area (Å²) in [5.74, 6) is 0.991. The first-order valence-corrected chi connectivity index (χ1v) is 11.3. The molecule has 0 aliphatic carbocycles. The van der Waals surface area contributed by atoms with Crippen molar-refractivity contribution in [3.63, 3.8) is 0 Å². The molecule has 0 radical (unpaired) electrons. The molecule has 1 aromatic heterocycles. The van der Waals surface area contributed by atoms with Crippen LogP contribution >= 0.6 is 0 Å². The molecule has 0 bridgehead atoms. The first kappa shape index (κ1) is 22.1. The number of hydrogen-bond acceptors (Lipinski definition) is 6. The molecule has 0 saturated heterocycles. The molecular weight excluding hydrogens is 436 g/mol. The van der Waals surface area contributed by atoms with E-state index in [-0.39, 0.29) is 5.91 Å². The maximum Gasteiger partial charge on any atom is 0.255 e. The van der Waals surface area contributed by atoms with Gasteiger partial charge in [-0.1, -0.05) is 24.3 Å². The highest BCUT2D eigenvalue weighted by molar-refractivity contribution is 7.83. The zero-order valence-electron chi connectivity index (χ0n) is 17.8. The molecule has 1 unspecified atom stereocenters. The summed E-state index contributed by atoms with van der Waals surface area (Å²) in [4.78, 5) is 21.6. The van der Waals surface area contributed by atoms with Crippen molar-refractivity contribution in [2.75, 3.05) is 23.0 Å². The average molecular weight is 459 g/mol. The number of amides is 1. The van der Waals surface area contributed by atoms with Crippen LogP contribution in [0, 0.1) is 0 Å². The second-order valence-corrected chi connectivity index (χ2v) is 8.35. The van der Waals surface area contributed by atoms with E-state index < -0.39 is 11.0 Å². The van der Waals surface area contributed by atoms with Crippen LogP contribution in [0.3, 0.4) is 0 Å². The van der Waals surface area contributed by atoms with Gasteiger partial charge in [0.1, 0.15) is 28.9 Å². The minimum Gasteiger partial charge on any atom is -0.340 e. The Hall–Kier alpha value is -4.08. The van der Waals surface area contributed by atoms with E-state index in [0.717, 1.165) is 17.1 Å². The molecule has 4 N–H and O–H groups in total. The molecule has 0 fully saturated rings. The third-order valence-corrected chi connectivity index (χ3v) is 5.68. The molecule has 166 valence electrons. The van der Waals surface area contributed by atoms with E-state index in [1.165, 1.54) is 6.33 Å². The van der Waals surface area contributed by atoms with Gasteiger partial charge in [-0.05, 0) is 61.6 Å². The fourth-order valence-corrected chi connectivity index (χ4v) is 3.70. The number of hydrogen-bond donors (Lipinski definition) is 4. The van der Waals surface area contributed by atoms with Gasteiger partial charge < -0.3 is 16.0 Å². The smallest absolute Gasteiger partial charge is 0.255 e. The van der Waals surface area contributed by atoms with Crippen LogP contribution < -0.4 is 20.7 Å². The number of aromatic nitrogens is 2. The Morgan fingerprint density at radius 1 is 0.758 bits per heavy atom. The second-order valence-electron chi connectivity index (χ2n) is 6.94. The lowest BCUT2D eigenvalue weighted by Crippen LogP contribution is -2.11. The third kappa shape index (κ3) is 6.00. The summed E-state index contributed by atoms with van der Waals surface area (Å²) < 4.78 is 14.7. The molecule has 8 nitrogen and oxygen atoms in total. The summed E-state index contributed by atoms with van der Waals surface area (Å²) in [5, 5.41) is 9.25. The number of para-hydroxylation sites is 1. The summed E-state index contributed by atoms with van der Waals surface area (Å²) in [6.45, 7) is 0. The Morgan fingerprint density at radius 3 is 2.12 bits per heavy atom. The summed E-state index contributed by atoms with van der Waals surface area (Å²) in [6.07, 6.45) is 1.45. The molecule has 0 spiro atoms. The van der Waals surface area contributed by atoms with Crippen molar-refractivity contribution < 1.29 is 9.00 Å². The SMILES string of the molecule is CNS(=O)c1cccc(Nc2cc(Nc3ccc(C(=O)Nc4ccccc4)cc3)ncn2)c1. The number of benzene rings is 3. The summed E-state index contributed by atoms with van der Waals surface area (Å²) in [6, 6.07) is 25.4. The molecule has 1 amide bonds. The van der Waals surface area contributed by atoms with Gasteiger partial charge in [0.05, 0.1) is 4.90 Å². The van der Waals surface area contributed by atoms with Crippen molar-refractivity contribution in [1.29, 1.82) is 0 Å². The average Bonchev–Trinajstić information content (AvgIpc) is 2.85. The fraction of sp³-hybridized carbons (Fsp3) is 0.0417. The highest BCUT2D eigenvalue weighted by Crippen LogP contribution is 2.21. The molecule has 0 aliphatic heterocycles. The lowest BCUT2D eigenvalue weighted by molar-refractivity contribution is 0.102. The third-order valence-electron chi connectivity index (χ3n) is 4.62. The van der Waals surface area contributed by atoms with Crippen molar-refractivity contribution in [3.05, 3.63) is 96.8 Å². The van der Waals surface area contributed by atoms with E-state index in [1.807, 2.05) is 54.6 Å². The lowest BCUT2D eigenvalue weighted by atomic mass is 10.2. The molecule has 33 heavy (non-hydrogen) atoms. The predicted molar refractivity (Wildman–Crippen MR) is 131 cm³/mol. The zero-order valence-corrected chi connectivity index (χ0v) is 18.6. The van der Waals surface area contributed by atoms with Crippen LogP contribution in [-0.2, 0) is 11.0 Å². The van der Waals surface area contributed by atoms with Crippen LogP contribution in [0.2, 0.25) is 0 Å². The van der Waals surface area contributed by atoms with Crippen molar-refractivity contribution in [3.8, 4) is 0 Å². The summed E-state index contributed by atoms with van der Waals surface area (Å²) in [7, 11) is 0.369. The van der Waals surface area contributed by atoms with Gasteiger partial charge >= 0.3 is 0 Å². The minimum atomic E-state index is -1.27. The molecule has 1 heterocycles. The minimum absolute atomic E-state index is 0.178. The Kier molecular flexibility index (Phi) is 7.03. The fourth-order valence-electron chi connectivity index (χ4n) is 3.03. The van der Waals surface area contributed by atoms with Gasteiger partial charge in [-0.15, -0.1) is 0 Å². The van der Waals surface area contributed by atoms with Crippen LogP contribution in [0.1, 0.15) is 10.4 Å². The molecule has 0 saturated carbocycles. The highest BCUT2D eigenvalue weighted by atomic mass is 32.2. The molecule has 1 atom stereocenters. The van der Waals surface area contributed by atoms with Crippen molar-refractivity contribution in [1.82, 2.24) is 14.7 Å². The van der Waals surface area contributed by atoms with Crippen molar-refractivity contribution >= 4 is 45.6 Å². The van der Waals surface area contributed by atoms with E-state index in [9.17, 15) is 9.00 Å². The first-order valence-electron chi connectivity index (χ1n) is 10.1. The number of carbonyl (C=O) groups is 1. The Morgan fingerprint density at radius 2 is 1.42 bits per heavy atom. The molecule has 4 rings (SSSR count). The first-order chi connectivity index (χ1) is 16.1. The van der Waals surface area contributed by atoms with E-state index >= 15 is 0 Å². The topological polar surface area (TPSA) is 108 Å². The quantitative estimate of drug-likeness (QED) is 0.311. The van der Waals surface area contributed by atoms with Crippen LogP contribution in [0.15, 0.2) is 96.2 Å². The van der Waals surface area contributed by atoms with E-state index in [0.29, 0.717) is 22.1 Å². The molecule has 0 aliphatic rings. The van der Waals surface area contributed by atoms with Crippen molar-refractivity contribution in [2.24, 2.45) is 0 Å². The summed E-state index contributed by atoms with van der Waals surface area (Å²) >= 11 is 0. The molecular formula is C24H22N6O2S. The standard InChI is InChI=1S/C24H22N6O2S/c1-25-33(32)21-9-5-8-20(14-21)29-23-15-22(26-16-27-23)28-19-12-10-17(11-13-19)24(31)30-18-6-3-2-4-7-18/h2-16,25H,1H3,(H,30,31)(H2,26,27,28,29). The predicted octanol–water partition coefficient (Wildman–Crippen LogP) is 4.46. The van der Waals surface area contributed by atoms with E-state index in [1.54, 1.807) is 37.4 Å². The van der Waals surface area contributed by atoms with Gasteiger partial charge in [-0.3, -0.25) is 4.79 Å². The van der Waals surface area contributed by atoms with Gasteiger partial charge in [-0.2, -0.15) is 0 Å². The van der Waals surface area contributed by atoms with Crippen LogP contribution in [0.25, 0.3) is 0 Å². The largest absolute Gasteiger partial charge is 0.340 e. The maximum atomic E-state index is 12.4. The lowest BCUT2D eigenvalue weighted by Gasteiger charge is -2.10. The molecule has 9 heteroatoms. The number of carbonyl (C=O) groups excluding carboxylic acids is 1. The van der Waals surface area contributed by atoms with Gasteiger partial charge in [-0.25, -0.2) is 18.9 Å².